The number of amides is 4. The van der Waals surface area contributed by atoms with Gasteiger partial charge in [0.25, 0.3) is 5.91 Å². The van der Waals surface area contributed by atoms with Crippen molar-refractivity contribution in [2.75, 3.05) is 31.5 Å². The van der Waals surface area contributed by atoms with Crippen LogP contribution >= 0.6 is 0 Å². The Labute approximate surface area is 200 Å². The highest BCUT2D eigenvalue weighted by atomic mass is 16.2. The topological polar surface area (TPSA) is 73.0 Å². The molecule has 2 fully saturated rings. The van der Waals surface area contributed by atoms with Gasteiger partial charge in [-0.3, -0.25) is 9.59 Å². The van der Waals surface area contributed by atoms with E-state index in [4.69, 9.17) is 0 Å². The predicted octanol–water partition coefficient (Wildman–Crippen LogP) is 3.93. The highest BCUT2D eigenvalue weighted by molar-refractivity contribution is 6.02. The molecule has 0 saturated carbocycles. The van der Waals surface area contributed by atoms with Crippen LogP contribution in [0.4, 0.5) is 10.5 Å². The molecule has 3 aliphatic rings. The van der Waals surface area contributed by atoms with E-state index in [0.717, 1.165) is 30.8 Å². The largest absolute Gasteiger partial charge is 0.342 e. The molecule has 2 aromatic carbocycles. The number of piperidine rings is 1. The van der Waals surface area contributed by atoms with E-state index in [0.29, 0.717) is 31.5 Å². The third kappa shape index (κ3) is 3.63. The Balaban J connectivity index is 1.48. The van der Waals surface area contributed by atoms with E-state index in [1.165, 1.54) is 0 Å². The summed E-state index contributed by atoms with van der Waals surface area (Å²) in [6.07, 6.45) is 2.16. The lowest BCUT2D eigenvalue weighted by atomic mass is 9.66. The van der Waals surface area contributed by atoms with Crippen molar-refractivity contribution in [3.8, 4) is 0 Å². The number of likely N-dealkylation sites (tertiary alicyclic amines) is 2. The number of anilines is 1. The molecular formula is C27H32N4O3. The summed E-state index contributed by atoms with van der Waals surface area (Å²) in [5.74, 6) is -0.317. The Morgan fingerprint density at radius 1 is 0.912 bits per heavy atom. The Kier molecular flexibility index (Phi) is 5.80. The Morgan fingerprint density at radius 3 is 2.18 bits per heavy atom. The molecule has 4 amide bonds. The first-order valence-corrected chi connectivity index (χ1v) is 12.2. The van der Waals surface area contributed by atoms with E-state index in [9.17, 15) is 14.4 Å². The van der Waals surface area contributed by atoms with Gasteiger partial charge in [-0.15, -0.1) is 0 Å². The smallest absolute Gasteiger partial charge is 0.321 e. The van der Waals surface area contributed by atoms with Crippen LogP contribution in [0.2, 0.25) is 0 Å². The maximum atomic E-state index is 13.8. The van der Waals surface area contributed by atoms with Gasteiger partial charge in [-0.25, -0.2) is 4.79 Å². The number of nitrogens with zero attached hydrogens (tertiary/aromatic N) is 3. The number of nitrogens with one attached hydrogen (secondary N) is 1. The van der Waals surface area contributed by atoms with Gasteiger partial charge >= 0.3 is 6.03 Å². The summed E-state index contributed by atoms with van der Waals surface area (Å²) < 4.78 is 0. The second kappa shape index (κ2) is 8.78. The Bertz CT molecular complexity index is 1090. The van der Waals surface area contributed by atoms with Crippen LogP contribution in [0.5, 0.6) is 0 Å². The molecule has 0 aliphatic carbocycles. The lowest BCUT2D eigenvalue weighted by Gasteiger charge is -2.57. The summed E-state index contributed by atoms with van der Waals surface area (Å²) in [5, 5.41) is 2.96. The fourth-order valence-electron chi connectivity index (χ4n) is 5.89. The molecule has 1 atom stereocenters. The van der Waals surface area contributed by atoms with Crippen LogP contribution in [0, 0.1) is 0 Å². The summed E-state index contributed by atoms with van der Waals surface area (Å²) in [6.45, 7) is 6.56. The quantitative estimate of drug-likeness (QED) is 0.754. The van der Waals surface area contributed by atoms with Crippen molar-refractivity contribution in [1.29, 1.82) is 0 Å². The van der Waals surface area contributed by atoms with Gasteiger partial charge in [0.05, 0.1) is 11.5 Å². The molecule has 34 heavy (non-hydrogen) atoms. The van der Waals surface area contributed by atoms with Crippen molar-refractivity contribution in [2.24, 2.45) is 0 Å². The lowest BCUT2D eigenvalue weighted by molar-refractivity contribution is -0.142. The highest BCUT2D eigenvalue weighted by Gasteiger charge is 2.57. The molecule has 3 heterocycles. The lowest BCUT2D eigenvalue weighted by Crippen LogP contribution is -2.68. The Hall–Kier alpha value is -3.35. The molecule has 7 heteroatoms. The van der Waals surface area contributed by atoms with Gasteiger partial charge in [0.1, 0.15) is 0 Å². The number of para-hydroxylation sites is 1. The number of hydrogen-bond acceptors (Lipinski definition) is 3. The Morgan fingerprint density at radius 2 is 1.56 bits per heavy atom. The summed E-state index contributed by atoms with van der Waals surface area (Å²) in [7, 11) is 0. The van der Waals surface area contributed by atoms with E-state index in [1.807, 2.05) is 78.2 Å². The molecule has 1 unspecified atom stereocenters. The minimum atomic E-state index is -0.643. The van der Waals surface area contributed by atoms with Crippen molar-refractivity contribution < 1.29 is 14.4 Å². The number of carbonyl (C=O) groups excluding carboxylic acids is 3. The highest BCUT2D eigenvalue weighted by Crippen LogP contribution is 2.49. The zero-order valence-electron chi connectivity index (χ0n) is 19.9. The first-order valence-electron chi connectivity index (χ1n) is 12.2. The molecule has 7 nitrogen and oxygen atoms in total. The van der Waals surface area contributed by atoms with Gasteiger partial charge in [0.15, 0.2) is 0 Å². The van der Waals surface area contributed by atoms with E-state index in [2.05, 4.69) is 5.32 Å². The SMILES string of the molecule is CC(C)N1C(=O)c2ccccc2C(C(=O)N2CCC2)C12CCN(C(=O)Nc1ccccc1)CC2. The molecule has 2 aromatic rings. The summed E-state index contributed by atoms with van der Waals surface area (Å²) >= 11 is 0. The van der Waals surface area contributed by atoms with Crippen LogP contribution in [-0.4, -0.2) is 70.3 Å². The fourth-order valence-corrected chi connectivity index (χ4v) is 5.89. The molecule has 0 aromatic heterocycles. The number of rotatable bonds is 3. The molecule has 0 radical (unpaired) electrons. The van der Waals surface area contributed by atoms with Crippen LogP contribution in [0.3, 0.4) is 0 Å². The van der Waals surface area contributed by atoms with E-state index in [-0.39, 0.29) is 23.9 Å². The van der Waals surface area contributed by atoms with Crippen molar-refractivity contribution >= 4 is 23.5 Å². The van der Waals surface area contributed by atoms with Crippen LogP contribution in [-0.2, 0) is 4.79 Å². The predicted molar refractivity (Wildman–Crippen MR) is 131 cm³/mol. The summed E-state index contributed by atoms with van der Waals surface area (Å²) in [5.41, 5.74) is 1.58. The van der Waals surface area contributed by atoms with Crippen molar-refractivity contribution in [3.63, 3.8) is 0 Å². The van der Waals surface area contributed by atoms with E-state index in [1.54, 1.807) is 4.90 Å². The van der Waals surface area contributed by atoms with Gasteiger partial charge in [-0.05, 0) is 56.9 Å². The zero-order valence-corrected chi connectivity index (χ0v) is 19.9. The van der Waals surface area contributed by atoms with E-state index < -0.39 is 11.5 Å². The van der Waals surface area contributed by atoms with Gasteiger partial charge in [-0.2, -0.15) is 0 Å². The second-order valence-electron chi connectivity index (χ2n) is 9.85. The maximum absolute atomic E-state index is 13.8. The van der Waals surface area contributed by atoms with Gasteiger partial charge in [-0.1, -0.05) is 36.4 Å². The minimum Gasteiger partial charge on any atom is -0.342 e. The van der Waals surface area contributed by atoms with Crippen LogP contribution < -0.4 is 5.32 Å². The maximum Gasteiger partial charge on any atom is 0.321 e. The summed E-state index contributed by atoms with van der Waals surface area (Å²) in [6, 6.07) is 16.8. The van der Waals surface area contributed by atoms with Crippen LogP contribution in [0.15, 0.2) is 54.6 Å². The average molecular weight is 461 g/mol. The standard InChI is InChI=1S/C27H32N4O3/c1-19(2)31-24(32)22-12-7-6-11-21(22)23(25(33)29-15-8-16-29)27(31)13-17-30(18-14-27)26(34)28-20-9-4-3-5-10-20/h3-7,9-12,19,23H,8,13-18H2,1-2H3,(H,28,34). The third-order valence-corrected chi connectivity index (χ3v) is 7.61. The molecule has 0 bridgehead atoms. The molecule has 178 valence electrons. The van der Waals surface area contributed by atoms with Gasteiger partial charge < -0.3 is 20.0 Å². The first-order chi connectivity index (χ1) is 16.4. The van der Waals surface area contributed by atoms with Crippen LogP contribution in [0.1, 0.15) is 54.9 Å². The normalized spacial score (nSPS) is 21.3. The average Bonchev–Trinajstić information content (AvgIpc) is 2.79. The number of benzene rings is 2. The van der Waals surface area contributed by atoms with Gasteiger partial charge in [0, 0.05) is 43.5 Å². The minimum absolute atomic E-state index is 0.0135. The zero-order chi connectivity index (χ0) is 23.9. The monoisotopic (exact) mass is 460 g/mol. The number of carbonyl (C=O) groups is 3. The summed E-state index contributed by atoms with van der Waals surface area (Å²) in [4.78, 5) is 46.2. The van der Waals surface area contributed by atoms with E-state index >= 15 is 0 Å². The van der Waals surface area contributed by atoms with Gasteiger partial charge in [0.2, 0.25) is 5.91 Å². The molecule has 3 aliphatic heterocycles. The van der Waals surface area contributed by atoms with Crippen molar-refractivity contribution in [2.45, 2.75) is 50.6 Å². The van der Waals surface area contributed by atoms with Crippen molar-refractivity contribution in [1.82, 2.24) is 14.7 Å². The second-order valence-corrected chi connectivity index (χ2v) is 9.85. The molecule has 1 N–H and O–H groups in total. The molecule has 5 rings (SSSR count). The number of hydrogen-bond donors (Lipinski definition) is 1. The molecule has 1 spiro atoms. The first kappa shape index (κ1) is 22.4. The van der Waals surface area contributed by atoms with Crippen LogP contribution in [0.25, 0.3) is 0 Å². The fraction of sp³-hybridized carbons (Fsp3) is 0.444. The molecule has 2 saturated heterocycles. The molecular weight excluding hydrogens is 428 g/mol. The third-order valence-electron chi connectivity index (χ3n) is 7.61. The number of urea groups is 1. The number of fused-ring (bicyclic) bond motifs is 1. The van der Waals surface area contributed by atoms with Crippen molar-refractivity contribution in [3.05, 3.63) is 65.7 Å².